The third-order valence-electron chi connectivity index (χ3n) is 3.68. The fraction of sp³-hybridized carbons (Fsp3) is 0.235. The summed E-state index contributed by atoms with van der Waals surface area (Å²) in [6, 6.07) is 14.1. The van der Waals surface area contributed by atoms with Crippen molar-refractivity contribution in [3.8, 4) is 0 Å². The summed E-state index contributed by atoms with van der Waals surface area (Å²) in [5.74, 6) is 0. The lowest BCUT2D eigenvalue weighted by molar-refractivity contribution is 0.174. The number of fused-ring (bicyclic) bond motifs is 1. The van der Waals surface area contributed by atoms with Crippen molar-refractivity contribution in [1.82, 2.24) is 15.5 Å². The standard InChI is InChI=1S/C17H19N3O/c1-12-5-7-13(8-6-12)16(21)11-18-9-14-3-2-4-15-10-19-20-17(14)15/h2-8,10,16,18,21H,9,11H2,1H3,(H,19,20). The lowest BCUT2D eigenvalue weighted by Gasteiger charge is -2.13. The van der Waals surface area contributed by atoms with E-state index in [4.69, 9.17) is 0 Å². The first-order chi connectivity index (χ1) is 10.2. The summed E-state index contributed by atoms with van der Waals surface area (Å²) < 4.78 is 0. The lowest BCUT2D eigenvalue weighted by atomic mass is 10.1. The second kappa shape index (κ2) is 6.08. The van der Waals surface area contributed by atoms with Crippen molar-refractivity contribution >= 4 is 10.9 Å². The van der Waals surface area contributed by atoms with E-state index in [9.17, 15) is 5.11 Å². The molecule has 0 radical (unpaired) electrons. The van der Waals surface area contributed by atoms with Gasteiger partial charge in [-0.05, 0) is 18.1 Å². The third kappa shape index (κ3) is 3.12. The summed E-state index contributed by atoms with van der Waals surface area (Å²) in [4.78, 5) is 0. The molecule has 21 heavy (non-hydrogen) atoms. The summed E-state index contributed by atoms with van der Waals surface area (Å²) in [7, 11) is 0. The number of rotatable bonds is 5. The van der Waals surface area contributed by atoms with Gasteiger partial charge in [0.05, 0.1) is 17.8 Å². The maximum Gasteiger partial charge on any atom is 0.0914 e. The average molecular weight is 281 g/mol. The van der Waals surface area contributed by atoms with Crippen molar-refractivity contribution in [3.63, 3.8) is 0 Å². The van der Waals surface area contributed by atoms with Gasteiger partial charge in [-0.25, -0.2) is 0 Å². The summed E-state index contributed by atoms with van der Waals surface area (Å²) in [6.07, 6.45) is 1.33. The lowest BCUT2D eigenvalue weighted by Crippen LogP contribution is -2.21. The van der Waals surface area contributed by atoms with Crippen molar-refractivity contribution in [1.29, 1.82) is 0 Å². The molecule has 0 bridgehead atoms. The van der Waals surface area contributed by atoms with Gasteiger partial charge >= 0.3 is 0 Å². The molecule has 1 aromatic heterocycles. The fourth-order valence-corrected chi connectivity index (χ4v) is 2.43. The second-order valence-corrected chi connectivity index (χ2v) is 5.31. The van der Waals surface area contributed by atoms with Crippen LogP contribution in [0.15, 0.2) is 48.7 Å². The van der Waals surface area contributed by atoms with Crippen molar-refractivity contribution in [2.75, 3.05) is 6.54 Å². The Morgan fingerprint density at radius 3 is 2.81 bits per heavy atom. The molecule has 1 unspecified atom stereocenters. The van der Waals surface area contributed by atoms with E-state index in [1.807, 2.05) is 49.5 Å². The Morgan fingerprint density at radius 2 is 2.00 bits per heavy atom. The maximum atomic E-state index is 10.2. The van der Waals surface area contributed by atoms with Gasteiger partial charge in [0.15, 0.2) is 0 Å². The quantitative estimate of drug-likeness (QED) is 0.674. The van der Waals surface area contributed by atoms with Crippen LogP contribution in [-0.2, 0) is 6.54 Å². The molecule has 0 saturated heterocycles. The molecule has 0 fully saturated rings. The van der Waals surface area contributed by atoms with Crippen LogP contribution in [0.4, 0.5) is 0 Å². The molecule has 3 N–H and O–H groups in total. The first kappa shape index (κ1) is 13.8. The zero-order valence-electron chi connectivity index (χ0n) is 12.0. The topological polar surface area (TPSA) is 60.9 Å². The zero-order valence-corrected chi connectivity index (χ0v) is 12.0. The van der Waals surface area contributed by atoms with E-state index < -0.39 is 6.10 Å². The van der Waals surface area contributed by atoms with Gasteiger partial charge in [-0.15, -0.1) is 0 Å². The van der Waals surface area contributed by atoms with Crippen molar-refractivity contribution in [2.45, 2.75) is 19.6 Å². The molecule has 3 rings (SSSR count). The molecule has 0 amide bonds. The van der Waals surface area contributed by atoms with E-state index in [2.05, 4.69) is 21.6 Å². The predicted octanol–water partition coefficient (Wildman–Crippen LogP) is 2.69. The number of aliphatic hydroxyl groups excluding tert-OH is 1. The van der Waals surface area contributed by atoms with Gasteiger partial charge in [0, 0.05) is 18.5 Å². The molecule has 0 aliphatic rings. The average Bonchev–Trinajstić information content (AvgIpc) is 2.97. The zero-order chi connectivity index (χ0) is 14.7. The summed E-state index contributed by atoms with van der Waals surface area (Å²) in [5, 5.41) is 21.7. The van der Waals surface area contributed by atoms with Crippen LogP contribution >= 0.6 is 0 Å². The van der Waals surface area contributed by atoms with Gasteiger partial charge in [-0.1, -0.05) is 48.0 Å². The highest BCUT2D eigenvalue weighted by Crippen LogP contribution is 2.16. The third-order valence-corrected chi connectivity index (χ3v) is 3.68. The molecular weight excluding hydrogens is 262 g/mol. The van der Waals surface area contributed by atoms with E-state index in [0.29, 0.717) is 13.1 Å². The Morgan fingerprint density at radius 1 is 1.19 bits per heavy atom. The van der Waals surface area contributed by atoms with Crippen LogP contribution < -0.4 is 5.32 Å². The van der Waals surface area contributed by atoms with Gasteiger partial charge in [0.25, 0.3) is 0 Å². The van der Waals surface area contributed by atoms with Crippen LogP contribution in [-0.4, -0.2) is 21.8 Å². The molecule has 0 aliphatic carbocycles. The molecule has 0 spiro atoms. The molecule has 4 nitrogen and oxygen atoms in total. The molecule has 108 valence electrons. The number of para-hydroxylation sites is 1. The molecule has 0 saturated carbocycles. The number of nitrogens with zero attached hydrogens (tertiary/aromatic N) is 1. The van der Waals surface area contributed by atoms with Crippen molar-refractivity contribution < 1.29 is 5.11 Å². The smallest absolute Gasteiger partial charge is 0.0914 e. The van der Waals surface area contributed by atoms with Crippen LogP contribution in [0.5, 0.6) is 0 Å². The van der Waals surface area contributed by atoms with Gasteiger partial charge in [0.1, 0.15) is 0 Å². The predicted molar refractivity (Wildman–Crippen MR) is 83.9 cm³/mol. The van der Waals surface area contributed by atoms with E-state index in [1.165, 1.54) is 5.56 Å². The Labute approximate surface area is 123 Å². The Bertz CT molecular complexity index is 718. The van der Waals surface area contributed by atoms with Gasteiger partial charge in [-0.2, -0.15) is 5.10 Å². The normalized spacial score (nSPS) is 12.7. The highest BCUT2D eigenvalue weighted by Gasteiger charge is 2.07. The van der Waals surface area contributed by atoms with E-state index in [-0.39, 0.29) is 0 Å². The van der Waals surface area contributed by atoms with Gasteiger partial charge in [-0.3, -0.25) is 5.10 Å². The monoisotopic (exact) mass is 281 g/mol. The Hall–Kier alpha value is -2.17. The van der Waals surface area contributed by atoms with E-state index in [0.717, 1.165) is 22.0 Å². The SMILES string of the molecule is Cc1ccc(C(O)CNCc2cccc3cn[nH]c23)cc1. The largest absolute Gasteiger partial charge is 0.387 e. The maximum absolute atomic E-state index is 10.2. The van der Waals surface area contributed by atoms with Crippen LogP contribution in [0.1, 0.15) is 22.8 Å². The van der Waals surface area contributed by atoms with Crippen molar-refractivity contribution in [2.24, 2.45) is 0 Å². The Balaban J connectivity index is 1.61. The molecule has 3 aromatic rings. The van der Waals surface area contributed by atoms with E-state index in [1.54, 1.807) is 0 Å². The van der Waals surface area contributed by atoms with Crippen LogP contribution in [0.2, 0.25) is 0 Å². The highest BCUT2D eigenvalue weighted by molar-refractivity contribution is 5.81. The molecule has 1 atom stereocenters. The number of hydrogen-bond acceptors (Lipinski definition) is 3. The summed E-state index contributed by atoms with van der Waals surface area (Å²) in [5.41, 5.74) is 4.34. The molecule has 4 heteroatoms. The molecular formula is C17H19N3O. The molecule has 2 aromatic carbocycles. The number of hydrogen-bond donors (Lipinski definition) is 3. The minimum Gasteiger partial charge on any atom is -0.387 e. The number of aromatic nitrogens is 2. The first-order valence-electron chi connectivity index (χ1n) is 7.10. The van der Waals surface area contributed by atoms with Gasteiger partial charge < -0.3 is 10.4 Å². The van der Waals surface area contributed by atoms with Crippen molar-refractivity contribution in [3.05, 3.63) is 65.4 Å². The minimum absolute atomic E-state index is 0.494. The van der Waals surface area contributed by atoms with Crippen LogP contribution in [0.3, 0.4) is 0 Å². The number of aromatic amines is 1. The highest BCUT2D eigenvalue weighted by atomic mass is 16.3. The second-order valence-electron chi connectivity index (χ2n) is 5.31. The fourth-order valence-electron chi connectivity index (χ4n) is 2.43. The number of nitrogens with one attached hydrogen (secondary N) is 2. The van der Waals surface area contributed by atoms with Crippen LogP contribution in [0.25, 0.3) is 10.9 Å². The summed E-state index contributed by atoms with van der Waals surface area (Å²) in [6.45, 7) is 3.26. The summed E-state index contributed by atoms with van der Waals surface area (Å²) >= 11 is 0. The minimum atomic E-state index is -0.494. The molecule has 1 heterocycles. The van der Waals surface area contributed by atoms with Crippen LogP contribution in [0, 0.1) is 6.92 Å². The number of aliphatic hydroxyl groups is 1. The number of H-pyrrole nitrogens is 1. The van der Waals surface area contributed by atoms with E-state index >= 15 is 0 Å². The Kier molecular flexibility index (Phi) is 3.99. The molecule has 0 aliphatic heterocycles. The number of benzene rings is 2. The first-order valence-corrected chi connectivity index (χ1v) is 7.10. The number of aryl methyl sites for hydroxylation is 1. The van der Waals surface area contributed by atoms with Gasteiger partial charge in [0.2, 0.25) is 0 Å².